The first-order chi connectivity index (χ1) is 17.0. The highest BCUT2D eigenvalue weighted by molar-refractivity contribution is 8.27. The van der Waals surface area contributed by atoms with Crippen molar-refractivity contribution in [2.75, 3.05) is 7.11 Å². The molecule has 2 aliphatic heterocycles. The van der Waals surface area contributed by atoms with Crippen LogP contribution < -0.4 is 9.47 Å². The van der Waals surface area contributed by atoms with Crippen LogP contribution in [0.5, 0.6) is 11.5 Å². The molecule has 0 saturated heterocycles. The van der Waals surface area contributed by atoms with Gasteiger partial charge in [-0.05, 0) is 66.1 Å². The summed E-state index contributed by atoms with van der Waals surface area (Å²) >= 11 is 1.41. The van der Waals surface area contributed by atoms with Crippen molar-refractivity contribution in [2.24, 2.45) is 16.0 Å². The van der Waals surface area contributed by atoms with E-state index in [0.717, 1.165) is 23.4 Å². The molecule has 7 nitrogen and oxygen atoms in total. The van der Waals surface area contributed by atoms with Crippen molar-refractivity contribution < 1.29 is 18.7 Å². The number of nitrogens with zero attached hydrogens (tertiary/aromatic N) is 3. The van der Waals surface area contributed by atoms with Gasteiger partial charge in [0, 0.05) is 5.92 Å². The Hall–Kier alpha value is -3.46. The number of carbonyl (C=O) groups excluding carboxylic acids is 1. The highest BCUT2D eigenvalue weighted by Gasteiger charge is 2.37. The van der Waals surface area contributed by atoms with Gasteiger partial charge in [-0.2, -0.15) is 15.1 Å². The largest absolute Gasteiger partial charge is 0.493 e. The molecule has 5 rings (SSSR count). The lowest BCUT2D eigenvalue weighted by Gasteiger charge is -2.20. The van der Waals surface area contributed by atoms with E-state index in [-0.39, 0.29) is 23.8 Å². The van der Waals surface area contributed by atoms with Crippen LogP contribution in [0, 0.1) is 17.1 Å². The van der Waals surface area contributed by atoms with Gasteiger partial charge in [0.25, 0.3) is 5.91 Å². The van der Waals surface area contributed by atoms with E-state index in [2.05, 4.69) is 10.1 Å². The summed E-state index contributed by atoms with van der Waals surface area (Å²) in [6.45, 7) is 0.256. The maximum absolute atomic E-state index is 13.1. The molecule has 0 radical (unpaired) electrons. The molecule has 0 spiro atoms. The Kier molecular flexibility index (Phi) is 6.68. The fraction of sp³-hybridized carbons (Fsp3) is 0.308. The third-order valence-corrected chi connectivity index (χ3v) is 7.30. The summed E-state index contributed by atoms with van der Waals surface area (Å²) in [4.78, 5) is 17.0. The molecule has 1 amide bonds. The van der Waals surface area contributed by atoms with Crippen molar-refractivity contribution in [3.63, 3.8) is 0 Å². The van der Waals surface area contributed by atoms with E-state index in [1.165, 1.54) is 55.3 Å². The number of methoxy groups -OCH3 is 1. The van der Waals surface area contributed by atoms with E-state index in [4.69, 9.17) is 14.9 Å². The molecule has 2 heterocycles. The van der Waals surface area contributed by atoms with Crippen LogP contribution in [0.4, 0.5) is 4.39 Å². The molecule has 2 aromatic carbocycles. The van der Waals surface area contributed by atoms with Gasteiger partial charge in [0.05, 0.1) is 12.7 Å². The van der Waals surface area contributed by atoms with Crippen LogP contribution in [0.15, 0.2) is 58.1 Å². The van der Waals surface area contributed by atoms with Gasteiger partial charge < -0.3 is 9.47 Å². The number of benzene rings is 2. The topological polar surface area (TPSA) is 87.3 Å². The van der Waals surface area contributed by atoms with Crippen LogP contribution in [0.2, 0.25) is 0 Å². The highest BCUT2D eigenvalue weighted by Crippen LogP contribution is 2.36. The lowest BCUT2D eigenvalue weighted by molar-refractivity contribution is -0.114. The second-order valence-electron chi connectivity index (χ2n) is 8.62. The summed E-state index contributed by atoms with van der Waals surface area (Å²) in [5.74, 6) is 0.644. The molecule has 35 heavy (non-hydrogen) atoms. The quantitative estimate of drug-likeness (QED) is 0.530. The van der Waals surface area contributed by atoms with Gasteiger partial charge in [-0.3, -0.25) is 10.2 Å². The number of carbonyl (C=O) groups is 1. The number of nitrogens with one attached hydrogen (secondary N) is 1. The number of thioether (sulfide) groups is 1. The van der Waals surface area contributed by atoms with Crippen LogP contribution in [0.25, 0.3) is 6.08 Å². The molecule has 3 aliphatic rings. The van der Waals surface area contributed by atoms with E-state index in [1.807, 2.05) is 0 Å². The Labute approximate surface area is 207 Å². The molecule has 180 valence electrons. The Morgan fingerprint density at radius 2 is 1.91 bits per heavy atom. The van der Waals surface area contributed by atoms with Crippen molar-refractivity contribution in [1.29, 1.82) is 5.41 Å². The summed E-state index contributed by atoms with van der Waals surface area (Å²) in [7, 11) is 1.53. The molecular weight excluding hydrogens is 467 g/mol. The number of amides is 1. The second-order valence-corrected chi connectivity index (χ2v) is 9.61. The van der Waals surface area contributed by atoms with Crippen LogP contribution >= 0.6 is 11.8 Å². The molecule has 1 aliphatic carbocycles. The van der Waals surface area contributed by atoms with Crippen molar-refractivity contribution in [3.05, 3.63) is 65.0 Å². The SMILES string of the molecule is COc1cc(/C=C2/C(=N)N3N=C(C4CCCCC4)SC3=NC2=O)ccc1OCc1ccc(F)cc1. The average Bonchev–Trinajstić information content (AvgIpc) is 3.31. The molecule has 1 saturated carbocycles. The molecule has 0 bridgehead atoms. The Morgan fingerprint density at radius 1 is 1.14 bits per heavy atom. The summed E-state index contributed by atoms with van der Waals surface area (Å²) in [6.07, 6.45) is 7.42. The van der Waals surface area contributed by atoms with Crippen LogP contribution in [0.1, 0.15) is 43.2 Å². The van der Waals surface area contributed by atoms with Gasteiger partial charge in [-0.25, -0.2) is 4.39 Å². The summed E-state index contributed by atoms with van der Waals surface area (Å²) < 4.78 is 24.4. The number of hydrazone groups is 1. The van der Waals surface area contributed by atoms with Gasteiger partial charge in [-0.15, -0.1) is 0 Å². The van der Waals surface area contributed by atoms with Crippen molar-refractivity contribution >= 4 is 39.8 Å². The number of halogens is 1. The van der Waals surface area contributed by atoms with Crippen LogP contribution in [-0.4, -0.2) is 34.1 Å². The number of amidine groups is 2. The predicted octanol–water partition coefficient (Wildman–Crippen LogP) is 5.61. The summed E-state index contributed by atoms with van der Waals surface area (Å²) in [5, 5.41) is 16.2. The zero-order valence-electron chi connectivity index (χ0n) is 19.3. The summed E-state index contributed by atoms with van der Waals surface area (Å²) in [6, 6.07) is 11.4. The number of hydrogen-bond donors (Lipinski definition) is 1. The minimum absolute atomic E-state index is 0.0221. The minimum atomic E-state index is -0.454. The van der Waals surface area contributed by atoms with Crippen LogP contribution in [-0.2, 0) is 11.4 Å². The van der Waals surface area contributed by atoms with Gasteiger partial charge in [0.1, 0.15) is 17.5 Å². The Balaban J connectivity index is 1.34. The first-order valence-corrected chi connectivity index (χ1v) is 12.4. The molecule has 9 heteroatoms. The first kappa shape index (κ1) is 23.3. The van der Waals surface area contributed by atoms with Crippen molar-refractivity contribution in [2.45, 2.75) is 38.7 Å². The fourth-order valence-electron chi connectivity index (χ4n) is 4.32. The molecule has 0 atom stereocenters. The minimum Gasteiger partial charge on any atom is -0.493 e. The molecule has 0 unspecified atom stereocenters. The average molecular weight is 493 g/mol. The van der Waals surface area contributed by atoms with Crippen LogP contribution in [0.3, 0.4) is 0 Å². The standard InChI is InChI=1S/C26H25FN4O3S/c1-33-22-14-17(9-12-21(22)34-15-16-7-10-19(27)11-8-16)13-20-23(28)31-26(29-24(20)32)35-25(30-31)18-5-3-2-4-6-18/h7-14,18,28H,2-6,15H2,1H3/b20-13-,28-23?. The maximum Gasteiger partial charge on any atom is 0.283 e. The molecule has 1 fully saturated rings. The highest BCUT2D eigenvalue weighted by atomic mass is 32.2. The summed E-state index contributed by atoms with van der Waals surface area (Å²) in [5.41, 5.74) is 1.67. The third kappa shape index (κ3) is 5.00. The molecular formula is C26H25FN4O3S. The number of ether oxygens (including phenoxy) is 2. The maximum atomic E-state index is 13.1. The number of fused-ring (bicyclic) bond motifs is 1. The zero-order chi connectivity index (χ0) is 24.4. The first-order valence-electron chi connectivity index (χ1n) is 11.6. The number of hydrogen-bond acceptors (Lipinski definition) is 6. The van der Waals surface area contributed by atoms with E-state index in [1.54, 1.807) is 36.4 Å². The van der Waals surface area contributed by atoms with E-state index in [0.29, 0.717) is 28.1 Å². The lowest BCUT2D eigenvalue weighted by Crippen LogP contribution is -2.35. The van der Waals surface area contributed by atoms with Gasteiger partial charge in [0.2, 0.25) is 5.17 Å². The van der Waals surface area contributed by atoms with E-state index < -0.39 is 5.91 Å². The monoisotopic (exact) mass is 492 g/mol. The number of rotatable bonds is 6. The Morgan fingerprint density at radius 3 is 2.66 bits per heavy atom. The predicted molar refractivity (Wildman–Crippen MR) is 135 cm³/mol. The van der Waals surface area contributed by atoms with Crippen molar-refractivity contribution in [3.8, 4) is 11.5 Å². The normalized spacial score (nSPS) is 19.5. The third-order valence-electron chi connectivity index (χ3n) is 6.23. The van der Waals surface area contributed by atoms with Gasteiger partial charge in [-0.1, -0.05) is 37.5 Å². The molecule has 2 aromatic rings. The van der Waals surface area contributed by atoms with Gasteiger partial charge in [0.15, 0.2) is 17.3 Å². The lowest BCUT2D eigenvalue weighted by atomic mass is 9.90. The molecule has 0 aromatic heterocycles. The number of aliphatic imine (C=N–C) groups is 1. The zero-order valence-corrected chi connectivity index (χ0v) is 20.1. The second kappa shape index (κ2) is 10.0. The molecule has 1 N–H and O–H groups in total. The smallest absolute Gasteiger partial charge is 0.283 e. The van der Waals surface area contributed by atoms with E-state index >= 15 is 0 Å². The van der Waals surface area contributed by atoms with Gasteiger partial charge >= 0.3 is 0 Å². The van der Waals surface area contributed by atoms with Crippen molar-refractivity contribution in [1.82, 2.24) is 5.01 Å². The van der Waals surface area contributed by atoms with E-state index in [9.17, 15) is 9.18 Å². The Bertz CT molecular complexity index is 1250. The fourth-order valence-corrected chi connectivity index (χ4v) is 5.38.